The molecule has 2 N–H and O–H groups in total. The Morgan fingerprint density at radius 2 is 1.86 bits per heavy atom. The van der Waals surface area contributed by atoms with Crippen molar-refractivity contribution in [3.63, 3.8) is 0 Å². The van der Waals surface area contributed by atoms with Crippen LogP contribution in [0.2, 0.25) is 0 Å². The Labute approximate surface area is 123 Å². The molecule has 2 atom stereocenters. The minimum absolute atomic E-state index is 0.0714. The van der Waals surface area contributed by atoms with E-state index < -0.39 is 9.84 Å². The number of hydrogen-bond donors (Lipinski definition) is 1. The van der Waals surface area contributed by atoms with E-state index in [0.717, 1.165) is 19.1 Å². The highest BCUT2D eigenvalue weighted by atomic mass is 32.2. The lowest BCUT2D eigenvalue weighted by atomic mass is 10.1. The fourth-order valence-electron chi connectivity index (χ4n) is 2.92. The summed E-state index contributed by atoms with van der Waals surface area (Å²) in [7, 11) is -3.40. The molecule has 3 rings (SSSR count). The van der Waals surface area contributed by atoms with Crippen LogP contribution in [0.25, 0.3) is 0 Å². The maximum Gasteiger partial charge on any atom is 0.254 e. The molecule has 0 radical (unpaired) electrons. The summed E-state index contributed by atoms with van der Waals surface area (Å²) in [4.78, 5) is 14.4. The Hall–Kier alpha value is -1.60. The summed E-state index contributed by atoms with van der Waals surface area (Å²) >= 11 is 0. The van der Waals surface area contributed by atoms with Gasteiger partial charge in [0.05, 0.1) is 17.1 Å². The molecular formula is C14H18N2O4S. The topological polar surface area (TPSA) is 89.7 Å². The first-order valence-electron chi connectivity index (χ1n) is 6.88. The number of amides is 1. The SMILES string of the molecule is CS(=O)(=O)c1cc(N)cc(C(=O)N2CC3CCC(C2)O3)c1. The summed E-state index contributed by atoms with van der Waals surface area (Å²) in [5.74, 6) is -0.188. The van der Waals surface area contributed by atoms with E-state index in [0.29, 0.717) is 18.7 Å². The summed E-state index contributed by atoms with van der Waals surface area (Å²) < 4.78 is 29.0. The first-order valence-corrected chi connectivity index (χ1v) is 8.77. The smallest absolute Gasteiger partial charge is 0.254 e. The molecule has 2 heterocycles. The number of hydrogen-bond acceptors (Lipinski definition) is 5. The predicted octanol–water partition coefficient (Wildman–Crippen LogP) is 0.676. The van der Waals surface area contributed by atoms with Gasteiger partial charge in [-0.2, -0.15) is 0 Å². The van der Waals surface area contributed by atoms with Crippen molar-refractivity contribution < 1.29 is 17.9 Å². The summed E-state index contributed by atoms with van der Waals surface area (Å²) in [6.45, 7) is 1.11. The van der Waals surface area contributed by atoms with Gasteiger partial charge in [-0.25, -0.2) is 8.42 Å². The summed E-state index contributed by atoms with van der Waals surface area (Å²) in [5, 5.41) is 0. The third kappa shape index (κ3) is 2.89. The number of likely N-dealkylation sites (tertiary alicyclic amines) is 1. The van der Waals surface area contributed by atoms with Crippen LogP contribution in [0.1, 0.15) is 23.2 Å². The minimum atomic E-state index is -3.40. The van der Waals surface area contributed by atoms with Crippen molar-refractivity contribution in [3.8, 4) is 0 Å². The van der Waals surface area contributed by atoms with Crippen molar-refractivity contribution in [1.82, 2.24) is 4.90 Å². The quantitative estimate of drug-likeness (QED) is 0.811. The highest BCUT2D eigenvalue weighted by molar-refractivity contribution is 7.90. The maximum absolute atomic E-state index is 12.6. The number of ether oxygens (including phenoxy) is 1. The lowest BCUT2D eigenvalue weighted by Gasteiger charge is -2.32. The average Bonchev–Trinajstić information content (AvgIpc) is 2.75. The van der Waals surface area contributed by atoms with Gasteiger partial charge in [-0.1, -0.05) is 0 Å². The molecule has 6 nitrogen and oxygen atoms in total. The zero-order valence-corrected chi connectivity index (χ0v) is 12.6. The second-order valence-electron chi connectivity index (χ2n) is 5.73. The number of sulfone groups is 1. The molecule has 1 aromatic carbocycles. The lowest BCUT2D eigenvalue weighted by Crippen LogP contribution is -2.45. The van der Waals surface area contributed by atoms with Gasteiger partial charge in [-0.05, 0) is 31.0 Å². The molecule has 114 valence electrons. The Morgan fingerprint density at radius 3 is 2.43 bits per heavy atom. The van der Waals surface area contributed by atoms with Crippen molar-refractivity contribution >= 4 is 21.4 Å². The second kappa shape index (κ2) is 4.99. The van der Waals surface area contributed by atoms with Crippen LogP contribution in [0.15, 0.2) is 23.1 Å². The van der Waals surface area contributed by atoms with Crippen molar-refractivity contribution in [3.05, 3.63) is 23.8 Å². The number of nitrogens with zero attached hydrogens (tertiary/aromatic N) is 1. The Morgan fingerprint density at radius 1 is 1.24 bits per heavy atom. The van der Waals surface area contributed by atoms with Gasteiger partial charge in [0.25, 0.3) is 5.91 Å². The van der Waals surface area contributed by atoms with Crippen LogP contribution in [-0.2, 0) is 14.6 Å². The molecule has 1 aromatic rings. The molecule has 2 bridgehead atoms. The molecular weight excluding hydrogens is 292 g/mol. The van der Waals surface area contributed by atoms with Gasteiger partial charge < -0.3 is 15.4 Å². The zero-order valence-electron chi connectivity index (χ0n) is 11.8. The number of nitrogen functional groups attached to an aromatic ring is 1. The van der Waals surface area contributed by atoms with Gasteiger partial charge in [-0.15, -0.1) is 0 Å². The highest BCUT2D eigenvalue weighted by Gasteiger charge is 2.36. The molecule has 21 heavy (non-hydrogen) atoms. The number of benzene rings is 1. The number of anilines is 1. The Bertz CT molecular complexity index is 674. The number of fused-ring (bicyclic) bond motifs is 2. The van der Waals surface area contributed by atoms with Gasteiger partial charge in [0.2, 0.25) is 0 Å². The summed E-state index contributed by atoms with van der Waals surface area (Å²) in [6, 6.07) is 4.29. The zero-order chi connectivity index (χ0) is 15.2. The van der Waals surface area contributed by atoms with Crippen molar-refractivity contribution in [1.29, 1.82) is 0 Å². The number of rotatable bonds is 2. The van der Waals surface area contributed by atoms with Crippen molar-refractivity contribution in [2.45, 2.75) is 29.9 Å². The normalized spacial score (nSPS) is 25.1. The van der Waals surface area contributed by atoms with Gasteiger partial charge in [0.15, 0.2) is 9.84 Å². The van der Waals surface area contributed by atoms with Crippen LogP contribution < -0.4 is 5.73 Å². The highest BCUT2D eigenvalue weighted by Crippen LogP contribution is 2.28. The van der Waals surface area contributed by atoms with E-state index in [1.807, 2.05) is 0 Å². The van der Waals surface area contributed by atoms with Crippen LogP contribution in [0, 0.1) is 0 Å². The van der Waals surface area contributed by atoms with E-state index in [-0.39, 0.29) is 28.7 Å². The van der Waals surface area contributed by atoms with Crippen molar-refractivity contribution in [2.24, 2.45) is 0 Å². The van der Waals surface area contributed by atoms with E-state index in [2.05, 4.69) is 0 Å². The number of nitrogens with two attached hydrogens (primary N) is 1. The second-order valence-corrected chi connectivity index (χ2v) is 7.75. The number of carbonyl (C=O) groups is 1. The molecule has 2 saturated heterocycles. The van der Waals surface area contributed by atoms with E-state index in [1.54, 1.807) is 4.90 Å². The molecule has 0 aliphatic carbocycles. The lowest BCUT2D eigenvalue weighted by molar-refractivity contribution is -0.0303. The molecule has 2 unspecified atom stereocenters. The van der Waals surface area contributed by atoms with Crippen LogP contribution in [0.5, 0.6) is 0 Å². The van der Waals surface area contributed by atoms with E-state index in [1.165, 1.54) is 18.2 Å². The van der Waals surface area contributed by atoms with E-state index in [4.69, 9.17) is 10.5 Å². The molecule has 2 fully saturated rings. The number of morpholine rings is 1. The fraction of sp³-hybridized carbons (Fsp3) is 0.500. The molecule has 2 aliphatic rings. The average molecular weight is 310 g/mol. The Kier molecular flexibility index (Phi) is 3.41. The van der Waals surface area contributed by atoms with Crippen LogP contribution in [-0.4, -0.2) is 50.8 Å². The maximum atomic E-state index is 12.6. The predicted molar refractivity (Wildman–Crippen MR) is 77.8 cm³/mol. The third-order valence-corrected chi connectivity index (χ3v) is 5.03. The van der Waals surface area contributed by atoms with Crippen LogP contribution in [0.4, 0.5) is 5.69 Å². The number of carbonyl (C=O) groups excluding carboxylic acids is 1. The first-order chi connectivity index (χ1) is 9.83. The van der Waals surface area contributed by atoms with E-state index in [9.17, 15) is 13.2 Å². The van der Waals surface area contributed by atoms with Crippen LogP contribution in [0.3, 0.4) is 0 Å². The van der Waals surface area contributed by atoms with E-state index >= 15 is 0 Å². The standard InChI is InChI=1S/C14H18N2O4S/c1-21(18,19)13-5-9(4-10(15)6-13)14(17)16-7-11-2-3-12(8-16)20-11/h4-6,11-12H,2-3,7-8,15H2,1H3. The third-order valence-electron chi connectivity index (χ3n) is 3.93. The fourth-order valence-corrected chi connectivity index (χ4v) is 3.61. The van der Waals surface area contributed by atoms with Gasteiger partial charge in [-0.3, -0.25) is 4.79 Å². The summed E-state index contributed by atoms with van der Waals surface area (Å²) in [6.07, 6.45) is 3.25. The minimum Gasteiger partial charge on any atom is -0.399 e. The van der Waals surface area contributed by atoms with Crippen molar-refractivity contribution in [2.75, 3.05) is 25.1 Å². The monoisotopic (exact) mass is 310 g/mol. The van der Waals surface area contributed by atoms with Gasteiger partial charge >= 0.3 is 0 Å². The van der Waals surface area contributed by atoms with Crippen LogP contribution >= 0.6 is 0 Å². The molecule has 2 aliphatic heterocycles. The van der Waals surface area contributed by atoms with Gasteiger partial charge in [0, 0.05) is 30.6 Å². The largest absolute Gasteiger partial charge is 0.399 e. The molecule has 0 saturated carbocycles. The molecule has 7 heteroatoms. The van der Waals surface area contributed by atoms with Gasteiger partial charge in [0.1, 0.15) is 0 Å². The summed E-state index contributed by atoms with van der Waals surface area (Å²) in [5.41, 5.74) is 6.32. The molecule has 1 amide bonds. The Balaban J connectivity index is 1.89. The first kappa shape index (κ1) is 14.3. The molecule has 0 aromatic heterocycles. The molecule has 0 spiro atoms.